The normalized spacial score (nSPS) is 18.4. The fourth-order valence-corrected chi connectivity index (χ4v) is 0.885. The first-order valence-corrected chi connectivity index (χ1v) is 4.30. The Kier molecular flexibility index (Phi) is 5.11. The van der Waals surface area contributed by atoms with Crippen LogP contribution in [-0.2, 0) is 0 Å². The zero-order chi connectivity index (χ0) is 11.3. The lowest BCUT2D eigenvalue weighted by atomic mass is 10.1. The smallest absolute Gasteiger partial charge is 0.0741 e. The van der Waals surface area contributed by atoms with Gasteiger partial charge in [-0.1, -0.05) is 10.3 Å². The summed E-state index contributed by atoms with van der Waals surface area (Å²) in [6.07, 6.45) is 0. The lowest BCUT2D eigenvalue weighted by Crippen LogP contribution is -2.44. The van der Waals surface area contributed by atoms with E-state index in [1.165, 1.54) is 0 Å². The molecule has 0 heterocycles. The van der Waals surface area contributed by atoms with Crippen molar-refractivity contribution in [2.75, 3.05) is 0 Å². The Morgan fingerprint density at radius 2 is 1.29 bits per heavy atom. The predicted molar refractivity (Wildman–Crippen MR) is 52.3 cm³/mol. The molecule has 0 saturated heterocycles. The van der Waals surface area contributed by atoms with Crippen LogP contribution in [0.5, 0.6) is 0 Å². The molecular formula is C8H17N3O3. The summed E-state index contributed by atoms with van der Waals surface area (Å²) in [5.74, 6) is 0. The molecule has 0 radical (unpaired) electrons. The van der Waals surface area contributed by atoms with E-state index < -0.39 is 12.1 Å². The van der Waals surface area contributed by atoms with Crippen LogP contribution in [0, 0.1) is 0 Å². The number of hydrogen-bond acceptors (Lipinski definition) is 6. The van der Waals surface area contributed by atoms with E-state index in [9.17, 15) is 5.21 Å². The highest BCUT2D eigenvalue weighted by molar-refractivity contribution is 5.89. The van der Waals surface area contributed by atoms with Gasteiger partial charge in [-0.05, 0) is 27.7 Å². The van der Waals surface area contributed by atoms with Gasteiger partial charge in [-0.15, -0.1) is 0 Å². The summed E-state index contributed by atoms with van der Waals surface area (Å²) in [5.41, 5.74) is 0.759. The molecule has 0 aromatic heterocycles. The summed E-state index contributed by atoms with van der Waals surface area (Å²) < 4.78 is 0. The molecule has 6 heteroatoms. The number of oxime groups is 2. The summed E-state index contributed by atoms with van der Waals surface area (Å²) in [5, 5.41) is 33.6. The maximum atomic E-state index is 9.64. The van der Waals surface area contributed by atoms with Crippen molar-refractivity contribution in [1.29, 1.82) is 0 Å². The van der Waals surface area contributed by atoms with E-state index in [1.54, 1.807) is 27.7 Å². The van der Waals surface area contributed by atoms with Crippen molar-refractivity contribution in [3.05, 3.63) is 0 Å². The van der Waals surface area contributed by atoms with Gasteiger partial charge in [0, 0.05) is 0 Å². The largest absolute Gasteiger partial charge is 0.411 e. The lowest BCUT2D eigenvalue weighted by Gasteiger charge is -2.27. The average Bonchev–Trinajstić information content (AvgIpc) is 2.23. The molecule has 0 unspecified atom stereocenters. The molecule has 14 heavy (non-hydrogen) atoms. The number of hydrogen-bond donors (Lipinski definition) is 3. The molecule has 0 aromatic carbocycles. The zero-order valence-electron chi connectivity index (χ0n) is 8.84. The van der Waals surface area contributed by atoms with Crippen molar-refractivity contribution in [3.63, 3.8) is 0 Å². The molecule has 0 rings (SSSR count). The van der Waals surface area contributed by atoms with E-state index in [4.69, 9.17) is 10.4 Å². The van der Waals surface area contributed by atoms with Gasteiger partial charge in [0.05, 0.1) is 23.5 Å². The summed E-state index contributed by atoms with van der Waals surface area (Å²) in [6, 6.07) is -0.876. The maximum absolute atomic E-state index is 9.64. The molecule has 0 amide bonds. The molecule has 3 N–H and O–H groups in total. The molecule has 0 aliphatic rings. The van der Waals surface area contributed by atoms with Gasteiger partial charge in [-0.3, -0.25) is 0 Å². The van der Waals surface area contributed by atoms with E-state index in [-0.39, 0.29) is 0 Å². The molecule has 0 bridgehead atoms. The SMILES string of the molecule is C/C(=N/O)[C@@H](C)N(O)[C@@H](C)/C(C)=N/O. The van der Waals surface area contributed by atoms with Crippen molar-refractivity contribution in [3.8, 4) is 0 Å². The Bertz CT molecular complexity index is 216. The molecule has 82 valence electrons. The molecule has 0 aliphatic carbocycles. The molecule has 6 nitrogen and oxygen atoms in total. The first-order valence-electron chi connectivity index (χ1n) is 4.30. The van der Waals surface area contributed by atoms with Crippen molar-refractivity contribution < 1.29 is 15.6 Å². The standard InChI is InChI=1S/C8H17N3O3/c1-5(9-12)7(3)11(14)8(4)6(2)10-13/h7-8,12-14H,1-4H3/b9-5-,10-6+/t7-,8+/m1/s1. The minimum Gasteiger partial charge on any atom is -0.411 e. The summed E-state index contributed by atoms with van der Waals surface area (Å²) in [4.78, 5) is 0. The van der Waals surface area contributed by atoms with Crippen molar-refractivity contribution in [1.82, 2.24) is 5.06 Å². The van der Waals surface area contributed by atoms with Gasteiger partial charge < -0.3 is 15.6 Å². The van der Waals surface area contributed by atoms with E-state index in [0.29, 0.717) is 11.4 Å². The minimum absolute atomic E-state index is 0.380. The Labute approximate surface area is 83.1 Å². The van der Waals surface area contributed by atoms with Crippen LogP contribution in [-0.4, -0.2) is 44.2 Å². The molecule has 0 saturated carbocycles. The molecular weight excluding hydrogens is 186 g/mol. The van der Waals surface area contributed by atoms with Crippen LogP contribution < -0.4 is 0 Å². The molecule has 0 spiro atoms. The molecule has 0 aliphatic heterocycles. The van der Waals surface area contributed by atoms with E-state index in [1.807, 2.05) is 0 Å². The second-order valence-electron chi connectivity index (χ2n) is 3.21. The predicted octanol–water partition coefficient (Wildman–Crippen LogP) is 1.15. The van der Waals surface area contributed by atoms with Gasteiger partial charge in [0.1, 0.15) is 0 Å². The Morgan fingerprint density at radius 3 is 1.50 bits per heavy atom. The quantitative estimate of drug-likeness (QED) is 0.363. The van der Waals surface area contributed by atoms with E-state index in [2.05, 4.69) is 10.3 Å². The van der Waals surface area contributed by atoms with Crippen LogP contribution in [0.4, 0.5) is 0 Å². The first-order chi connectivity index (χ1) is 6.45. The monoisotopic (exact) mass is 203 g/mol. The maximum Gasteiger partial charge on any atom is 0.0741 e. The molecule has 0 fully saturated rings. The zero-order valence-corrected chi connectivity index (χ0v) is 8.84. The fraction of sp³-hybridized carbons (Fsp3) is 0.750. The van der Waals surface area contributed by atoms with Crippen LogP contribution in [0.3, 0.4) is 0 Å². The number of rotatable bonds is 4. The third-order valence-corrected chi connectivity index (χ3v) is 2.32. The Hall–Kier alpha value is -1.14. The van der Waals surface area contributed by atoms with E-state index in [0.717, 1.165) is 5.06 Å². The van der Waals surface area contributed by atoms with E-state index >= 15 is 0 Å². The van der Waals surface area contributed by atoms with Gasteiger partial charge in [-0.25, -0.2) is 0 Å². The minimum atomic E-state index is -0.438. The highest BCUT2D eigenvalue weighted by atomic mass is 16.5. The van der Waals surface area contributed by atoms with Crippen LogP contribution >= 0.6 is 0 Å². The number of hydroxylamine groups is 2. The lowest BCUT2D eigenvalue weighted by molar-refractivity contribution is -0.116. The fourth-order valence-electron chi connectivity index (χ4n) is 0.885. The summed E-state index contributed by atoms with van der Waals surface area (Å²) >= 11 is 0. The van der Waals surface area contributed by atoms with Crippen LogP contribution in [0.25, 0.3) is 0 Å². The average molecular weight is 203 g/mol. The van der Waals surface area contributed by atoms with Gasteiger partial charge in [0.2, 0.25) is 0 Å². The van der Waals surface area contributed by atoms with Crippen LogP contribution in [0.2, 0.25) is 0 Å². The molecule has 0 aromatic rings. The third kappa shape index (κ3) is 2.97. The molecule has 2 atom stereocenters. The van der Waals surface area contributed by atoms with Gasteiger partial charge in [0.25, 0.3) is 0 Å². The second kappa shape index (κ2) is 5.56. The van der Waals surface area contributed by atoms with Gasteiger partial charge in [-0.2, -0.15) is 5.06 Å². The topological polar surface area (TPSA) is 88.7 Å². The van der Waals surface area contributed by atoms with Crippen LogP contribution in [0.15, 0.2) is 10.3 Å². The van der Waals surface area contributed by atoms with Crippen LogP contribution in [0.1, 0.15) is 27.7 Å². The van der Waals surface area contributed by atoms with Gasteiger partial charge in [0.15, 0.2) is 0 Å². The summed E-state index contributed by atoms with van der Waals surface area (Å²) in [6.45, 7) is 6.53. The van der Waals surface area contributed by atoms with Crippen molar-refractivity contribution >= 4 is 11.4 Å². The van der Waals surface area contributed by atoms with Crippen molar-refractivity contribution in [2.45, 2.75) is 39.8 Å². The summed E-state index contributed by atoms with van der Waals surface area (Å²) in [7, 11) is 0. The highest BCUT2D eigenvalue weighted by Gasteiger charge is 2.22. The first kappa shape index (κ1) is 12.9. The Morgan fingerprint density at radius 1 is 1.00 bits per heavy atom. The van der Waals surface area contributed by atoms with Crippen molar-refractivity contribution in [2.24, 2.45) is 10.3 Å². The van der Waals surface area contributed by atoms with Gasteiger partial charge >= 0.3 is 0 Å². The number of nitrogens with zero attached hydrogens (tertiary/aromatic N) is 3. The highest BCUT2D eigenvalue weighted by Crippen LogP contribution is 2.05. The second-order valence-corrected chi connectivity index (χ2v) is 3.21. The Balaban J connectivity index is 4.54. The third-order valence-electron chi connectivity index (χ3n) is 2.32.